The molecule has 2 aliphatic rings. The van der Waals surface area contributed by atoms with Gasteiger partial charge in [-0.25, -0.2) is 10.8 Å². The van der Waals surface area contributed by atoms with Crippen molar-refractivity contribution in [2.24, 2.45) is 33.2 Å². The number of rotatable bonds is 1. The molecule has 1 atom stereocenters. The zero-order chi connectivity index (χ0) is 8.72. The monoisotopic (exact) mass is 168 g/mol. The first-order chi connectivity index (χ1) is 5.68. The Bertz CT molecular complexity index is 253. The van der Waals surface area contributed by atoms with Crippen LogP contribution < -0.4 is 17.3 Å². The topological polar surface area (TPSA) is 106 Å². The Balaban J connectivity index is 2.19. The van der Waals surface area contributed by atoms with E-state index in [9.17, 15) is 0 Å². The normalized spacial score (nSPS) is 29.8. The molecule has 1 saturated carbocycles. The van der Waals surface area contributed by atoms with E-state index in [1.165, 1.54) is 5.01 Å². The zero-order valence-corrected chi connectivity index (χ0v) is 6.64. The van der Waals surface area contributed by atoms with Crippen LogP contribution in [0.4, 0.5) is 0 Å². The van der Waals surface area contributed by atoms with Crippen molar-refractivity contribution in [1.82, 2.24) is 5.01 Å². The van der Waals surface area contributed by atoms with Gasteiger partial charge in [-0.3, -0.25) is 5.01 Å². The molecule has 12 heavy (non-hydrogen) atoms. The molecule has 66 valence electrons. The fourth-order valence-corrected chi connectivity index (χ4v) is 1.26. The Kier molecular flexibility index (Phi) is 1.44. The summed E-state index contributed by atoms with van der Waals surface area (Å²) in [5, 5.41) is 1.38. The van der Waals surface area contributed by atoms with E-state index in [0.29, 0.717) is 5.92 Å². The largest absolute Gasteiger partial charge is 0.368 e. The van der Waals surface area contributed by atoms with Crippen molar-refractivity contribution in [2.75, 3.05) is 0 Å². The van der Waals surface area contributed by atoms with Crippen LogP contribution in [-0.4, -0.2) is 23.1 Å². The van der Waals surface area contributed by atoms with Crippen molar-refractivity contribution in [2.45, 2.75) is 19.0 Å². The van der Waals surface area contributed by atoms with Crippen LogP contribution in [0.3, 0.4) is 0 Å². The summed E-state index contributed by atoms with van der Waals surface area (Å²) in [5.74, 6) is 6.62. The minimum absolute atomic E-state index is 0.0949. The number of nitrogens with zero attached hydrogens (tertiary/aromatic N) is 3. The number of nitrogens with two attached hydrogens (primary N) is 3. The van der Waals surface area contributed by atoms with Gasteiger partial charge in [-0.15, -0.1) is 0 Å². The van der Waals surface area contributed by atoms with Crippen LogP contribution in [0.25, 0.3) is 0 Å². The molecule has 0 aromatic rings. The number of guanidine groups is 2. The van der Waals surface area contributed by atoms with E-state index >= 15 is 0 Å². The highest BCUT2D eigenvalue weighted by molar-refractivity contribution is 5.95. The molecule has 1 fully saturated rings. The SMILES string of the molecule is NC1=NC(C2CC2)N(N)C(N)=N1. The number of hydrogen-bond donors (Lipinski definition) is 3. The molecule has 6 heteroatoms. The first-order valence-corrected chi connectivity index (χ1v) is 3.90. The third-order valence-corrected chi connectivity index (χ3v) is 2.09. The van der Waals surface area contributed by atoms with E-state index in [1.807, 2.05) is 0 Å². The van der Waals surface area contributed by atoms with Gasteiger partial charge >= 0.3 is 0 Å². The molecule has 0 aromatic heterocycles. The molecule has 0 spiro atoms. The number of aliphatic imine (C=N–C) groups is 2. The molecule has 0 amide bonds. The van der Waals surface area contributed by atoms with Crippen molar-refractivity contribution < 1.29 is 0 Å². The van der Waals surface area contributed by atoms with Crippen LogP contribution in [0.5, 0.6) is 0 Å². The third kappa shape index (κ3) is 1.10. The summed E-state index contributed by atoms with van der Waals surface area (Å²) >= 11 is 0. The van der Waals surface area contributed by atoms with E-state index < -0.39 is 0 Å². The van der Waals surface area contributed by atoms with E-state index in [-0.39, 0.29) is 18.1 Å². The van der Waals surface area contributed by atoms with Gasteiger partial charge in [-0.05, 0) is 12.8 Å². The van der Waals surface area contributed by atoms with Gasteiger partial charge in [0.1, 0.15) is 6.17 Å². The van der Waals surface area contributed by atoms with Gasteiger partial charge in [-0.1, -0.05) is 0 Å². The summed E-state index contributed by atoms with van der Waals surface area (Å²) in [6.07, 6.45) is 2.19. The van der Waals surface area contributed by atoms with Gasteiger partial charge < -0.3 is 11.5 Å². The molecule has 6 N–H and O–H groups in total. The van der Waals surface area contributed by atoms with Gasteiger partial charge in [0.2, 0.25) is 11.9 Å². The molecule has 1 heterocycles. The van der Waals surface area contributed by atoms with Gasteiger partial charge in [0.15, 0.2) is 0 Å². The second-order valence-corrected chi connectivity index (χ2v) is 3.12. The molecule has 1 aliphatic carbocycles. The Labute approximate surface area is 70.1 Å². The summed E-state index contributed by atoms with van der Waals surface area (Å²) in [4.78, 5) is 7.85. The highest BCUT2D eigenvalue weighted by Gasteiger charge is 2.36. The molecular weight excluding hydrogens is 156 g/mol. The Morgan fingerprint density at radius 1 is 1.33 bits per heavy atom. The quantitative estimate of drug-likeness (QED) is 0.416. The third-order valence-electron chi connectivity index (χ3n) is 2.09. The average molecular weight is 168 g/mol. The second kappa shape index (κ2) is 2.34. The van der Waals surface area contributed by atoms with Crippen LogP contribution in [0, 0.1) is 5.92 Å². The van der Waals surface area contributed by atoms with E-state index in [4.69, 9.17) is 17.3 Å². The summed E-state index contributed by atoms with van der Waals surface area (Å²) in [6, 6.07) is 0. The van der Waals surface area contributed by atoms with Crippen molar-refractivity contribution in [3.05, 3.63) is 0 Å². The van der Waals surface area contributed by atoms with Crippen molar-refractivity contribution in [3.8, 4) is 0 Å². The van der Waals surface area contributed by atoms with Gasteiger partial charge in [-0.2, -0.15) is 4.99 Å². The smallest absolute Gasteiger partial charge is 0.220 e. The lowest BCUT2D eigenvalue weighted by Crippen LogP contribution is -2.53. The molecule has 1 unspecified atom stereocenters. The molecule has 6 nitrogen and oxygen atoms in total. The van der Waals surface area contributed by atoms with E-state index in [0.717, 1.165) is 12.8 Å². The van der Waals surface area contributed by atoms with Crippen LogP contribution in [0.1, 0.15) is 12.8 Å². The maximum Gasteiger partial charge on any atom is 0.220 e. The summed E-state index contributed by atoms with van der Waals surface area (Å²) in [5.41, 5.74) is 11.0. The zero-order valence-electron chi connectivity index (χ0n) is 6.64. The van der Waals surface area contributed by atoms with Gasteiger partial charge in [0.25, 0.3) is 0 Å². The van der Waals surface area contributed by atoms with Crippen molar-refractivity contribution >= 4 is 11.9 Å². The molecule has 0 radical (unpaired) electrons. The lowest BCUT2D eigenvalue weighted by Gasteiger charge is -2.27. The lowest BCUT2D eigenvalue weighted by molar-refractivity contribution is 0.290. The molecular formula is C6H12N6. The fraction of sp³-hybridized carbons (Fsp3) is 0.667. The summed E-state index contributed by atoms with van der Waals surface area (Å²) in [6.45, 7) is 0. The Morgan fingerprint density at radius 3 is 2.58 bits per heavy atom. The maximum absolute atomic E-state index is 5.64. The van der Waals surface area contributed by atoms with Crippen LogP contribution in [-0.2, 0) is 0 Å². The fourth-order valence-electron chi connectivity index (χ4n) is 1.26. The van der Waals surface area contributed by atoms with Crippen LogP contribution in [0.2, 0.25) is 0 Å². The first-order valence-electron chi connectivity index (χ1n) is 3.90. The Hall–Kier alpha value is -1.30. The van der Waals surface area contributed by atoms with Gasteiger partial charge in [0, 0.05) is 5.92 Å². The standard InChI is InChI=1S/C6H12N6/c7-5-10-4(3-1-2-3)12(9)6(8)11-5/h3-4H,1-2,9H2,(H4,7,8,10,11). The summed E-state index contributed by atoms with van der Waals surface area (Å²) in [7, 11) is 0. The van der Waals surface area contributed by atoms with Crippen molar-refractivity contribution in [3.63, 3.8) is 0 Å². The van der Waals surface area contributed by atoms with Crippen LogP contribution in [0.15, 0.2) is 9.98 Å². The molecule has 0 aromatic carbocycles. The number of hydrazine groups is 1. The van der Waals surface area contributed by atoms with Crippen LogP contribution >= 0.6 is 0 Å². The van der Waals surface area contributed by atoms with Crippen molar-refractivity contribution in [1.29, 1.82) is 0 Å². The highest BCUT2D eigenvalue weighted by Crippen LogP contribution is 2.35. The average Bonchev–Trinajstić information content (AvgIpc) is 2.79. The van der Waals surface area contributed by atoms with E-state index in [2.05, 4.69) is 9.98 Å². The molecule has 0 bridgehead atoms. The minimum Gasteiger partial charge on any atom is -0.368 e. The lowest BCUT2D eigenvalue weighted by atomic mass is 10.3. The van der Waals surface area contributed by atoms with E-state index in [1.54, 1.807) is 0 Å². The highest BCUT2D eigenvalue weighted by atomic mass is 15.5. The maximum atomic E-state index is 5.64. The Morgan fingerprint density at radius 2 is 2.00 bits per heavy atom. The predicted octanol–water partition coefficient (Wildman–Crippen LogP) is -1.46. The predicted molar refractivity (Wildman–Crippen MR) is 45.8 cm³/mol. The van der Waals surface area contributed by atoms with Gasteiger partial charge in [0.05, 0.1) is 0 Å². The first kappa shape index (κ1) is 7.35. The minimum atomic E-state index is -0.0949. The molecule has 0 saturated heterocycles. The second-order valence-electron chi connectivity index (χ2n) is 3.12. The molecule has 2 rings (SSSR count). The summed E-state index contributed by atoms with van der Waals surface area (Å²) < 4.78 is 0. The number of hydrogen-bond acceptors (Lipinski definition) is 6. The molecule has 1 aliphatic heterocycles.